The van der Waals surface area contributed by atoms with Gasteiger partial charge in [0.05, 0.1) is 12.1 Å². The lowest BCUT2D eigenvalue weighted by molar-refractivity contribution is 0.145. The summed E-state index contributed by atoms with van der Waals surface area (Å²) in [7, 11) is 0. The molecule has 0 aromatic heterocycles. The van der Waals surface area contributed by atoms with Gasteiger partial charge in [0.25, 0.3) is 0 Å². The molecule has 0 radical (unpaired) electrons. The molecule has 3 heteroatoms. The predicted molar refractivity (Wildman–Crippen MR) is 65.8 cm³/mol. The second-order valence-electron chi connectivity index (χ2n) is 4.81. The molecule has 1 atom stereocenters. The van der Waals surface area contributed by atoms with E-state index in [2.05, 4.69) is 13.0 Å². The Morgan fingerprint density at radius 2 is 1.94 bits per heavy atom. The Bertz CT molecular complexity index is 372. The summed E-state index contributed by atoms with van der Waals surface area (Å²) in [6, 6.07) is 4.12. The Kier molecular flexibility index (Phi) is 3.94. The van der Waals surface area contributed by atoms with Gasteiger partial charge in [-0.3, -0.25) is 0 Å². The number of nitrogens with two attached hydrogens (primary N) is 1. The van der Waals surface area contributed by atoms with Gasteiger partial charge in [0.1, 0.15) is 12.4 Å². The second-order valence-corrected chi connectivity index (χ2v) is 4.81. The van der Waals surface area contributed by atoms with Crippen LogP contribution >= 0.6 is 0 Å². The summed E-state index contributed by atoms with van der Waals surface area (Å²) in [6.07, 6.45) is 0. The van der Waals surface area contributed by atoms with E-state index < -0.39 is 5.54 Å². The van der Waals surface area contributed by atoms with Gasteiger partial charge in [-0.15, -0.1) is 0 Å². The highest BCUT2D eigenvalue weighted by Crippen LogP contribution is 2.23. The van der Waals surface area contributed by atoms with Gasteiger partial charge in [0.2, 0.25) is 0 Å². The summed E-state index contributed by atoms with van der Waals surface area (Å²) in [5.74, 6) is 0.850. The molecule has 1 rings (SSSR count). The van der Waals surface area contributed by atoms with Crippen molar-refractivity contribution in [1.29, 1.82) is 0 Å². The Balaban J connectivity index is 2.82. The Morgan fingerprint density at radius 3 is 2.50 bits per heavy atom. The van der Waals surface area contributed by atoms with Crippen LogP contribution in [-0.4, -0.2) is 23.9 Å². The number of hydrogen-bond acceptors (Lipinski definition) is 3. The van der Waals surface area contributed by atoms with Crippen LogP contribution in [-0.2, 0) is 0 Å². The smallest absolute Gasteiger partial charge is 0.122 e. The summed E-state index contributed by atoms with van der Waals surface area (Å²) < 4.78 is 5.67. The summed E-state index contributed by atoms with van der Waals surface area (Å²) in [6.45, 7) is 8.11. The number of aryl methyl sites for hydroxylation is 2. The van der Waals surface area contributed by atoms with Crippen molar-refractivity contribution in [2.75, 3.05) is 13.2 Å². The lowest BCUT2D eigenvalue weighted by atomic mass is 10.0. The lowest BCUT2D eigenvalue weighted by Crippen LogP contribution is -2.46. The fourth-order valence-electron chi connectivity index (χ4n) is 1.44. The van der Waals surface area contributed by atoms with Crippen LogP contribution in [0.2, 0.25) is 0 Å². The molecule has 0 saturated heterocycles. The van der Waals surface area contributed by atoms with Crippen molar-refractivity contribution >= 4 is 0 Å². The van der Waals surface area contributed by atoms with Crippen LogP contribution in [0.15, 0.2) is 12.1 Å². The Hall–Kier alpha value is -1.06. The van der Waals surface area contributed by atoms with Crippen molar-refractivity contribution in [3.05, 3.63) is 28.8 Å². The molecule has 0 spiro atoms. The van der Waals surface area contributed by atoms with Crippen LogP contribution in [0, 0.1) is 20.8 Å². The van der Waals surface area contributed by atoms with E-state index in [-0.39, 0.29) is 6.61 Å². The van der Waals surface area contributed by atoms with Crippen LogP contribution in [0.5, 0.6) is 5.75 Å². The monoisotopic (exact) mass is 223 g/mol. The van der Waals surface area contributed by atoms with E-state index in [9.17, 15) is 0 Å². The van der Waals surface area contributed by atoms with E-state index in [0.29, 0.717) is 6.61 Å². The van der Waals surface area contributed by atoms with E-state index in [4.69, 9.17) is 15.6 Å². The van der Waals surface area contributed by atoms with Crippen LogP contribution in [0.4, 0.5) is 0 Å². The molecule has 1 aromatic rings. The third-order valence-electron chi connectivity index (χ3n) is 2.68. The molecule has 90 valence electrons. The van der Waals surface area contributed by atoms with Crippen molar-refractivity contribution in [3.8, 4) is 5.75 Å². The number of aliphatic hydroxyl groups is 1. The van der Waals surface area contributed by atoms with Crippen molar-refractivity contribution in [2.45, 2.75) is 33.2 Å². The van der Waals surface area contributed by atoms with Crippen molar-refractivity contribution in [1.82, 2.24) is 0 Å². The van der Waals surface area contributed by atoms with E-state index in [1.54, 1.807) is 6.92 Å². The Labute approximate surface area is 97.2 Å². The van der Waals surface area contributed by atoms with Crippen LogP contribution < -0.4 is 10.5 Å². The number of benzene rings is 1. The molecule has 0 aliphatic carbocycles. The molecule has 16 heavy (non-hydrogen) atoms. The third kappa shape index (κ3) is 3.22. The number of rotatable bonds is 4. The fourth-order valence-corrected chi connectivity index (χ4v) is 1.44. The molecule has 0 bridgehead atoms. The topological polar surface area (TPSA) is 55.5 Å². The maximum atomic E-state index is 9.05. The molecule has 0 saturated carbocycles. The molecule has 1 aromatic carbocycles. The Morgan fingerprint density at radius 1 is 1.31 bits per heavy atom. The highest BCUT2D eigenvalue weighted by molar-refractivity contribution is 5.41. The quantitative estimate of drug-likeness (QED) is 0.817. The summed E-state index contributed by atoms with van der Waals surface area (Å²) in [4.78, 5) is 0. The molecular formula is C13H21NO2. The zero-order chi connectivity index (χ0) is 12.3. The minimum absolute atomic E-state index is 0.0865. The molecule has 3 nitrogen and oxygen atoms in total. The first-order valence-electron chi connectivity index (χ1n) is 5.46. The van der Waals surface area contributed by atoms with E-state index in [0.717, 1.165) is 11.3 Å². The van der Waals surface area contributed by atoms with Gasteiger partial charge >= 0.3 is 0 Å². The normalized spacial score (nSPS) is 14.6. The lowest BCUT2D eigenvalue weighted by Gasteiger charge is -2.23. The first-order valence-corrected chi connectivity index (χ1v) is 5.46. The molecule has 0 aliphatic heterocycles. The zero-order valence-electron chi connectivity index (χ0n) is 10.5. The standard InChI is InChI=1S/C13H21NO2/c1-9-5-10(2)11(3)12(6-9)16-8-13(4,14)7-15/h5-6,15H,7-8,14H2,1-4H3. The van der Waals surface area contributed by atoms with Crippen molar-refractivity contribution in [3.63, 3.8) is 0 Å². The maximum absolute atomic E-state index is 9.05. The minimum atomic E-state index is -0.690. The van der Waals surface area contributed by atoms with Gasteiger partial charge < -0.3 is 15.6 Å². The van der Waals surface area contributed by atoms with Gasteiger partial charge in [0, 0.05) is 0 Å². The third-order valence-corrected chi connectivity index (χ3v) is 2.68. The van der Waals surface area contributed by atoms with Crippen LogP contribution in [0.25, 0.3) is 0 Å². The number of aliphatic hydroxyl groups excluding tert-OH is 1. The van der Waals surface area contributed by atoms with Crippen molar-refractivity contribution in [2.24, 2.45) is 5.73 Å². The minimum Gasteiger partial charge on any atom is -0.491 e. The van der Waals surface area contributed by atoms with Crippen molar-refractivity contribution < 1.29 is 9.84 Å². The number of ether oxygens (including phenoxy) is 1. The summed E-state index contributed by atoms with van der Waals surface area (Å²) in [5, 5.41) is 9.05. The van der Waals surface area contributed by atoms with Gasteiger partial charge in [-0.25, -0.2) is 0 Å². The summed E-state index contributed by atoms with van der Waals surface area (Å²) >= 11 is 0. The first kappa shape index (κ1) is 13.0. The van der Waals surface area contributed by atoms with E-state index in [1.165, 1.54) is 11.1 Å². The largest absolute Gasteiger partial charge is 0.491 e. The molecule has 0 fully saturated rings. The first-order chi connectivity index (χ1) is 7.35. The highest BCUT2D eigenvalue weighted by Gasteiger charge is 2.18. The molecule has 0 aliphatic rings. The molecular weight excluding hydrogens is 202 g/mol. The fraction of sp³-hybridized carbons (Fsp3) is 0.538. The summed E-state index contributed by atoms with van der Waals surface area (Å²) in [5.41, 5.74) is 8.62. The highest BCUT2D eigenvalue weighted by atomic mass is 16.5. The number of hydrogen-bond donors (Lipinski definition) is 2. The van der Waals surface area contributed by atoms with Crippen LogP contribution in [0.1, 0.15) is 23.6 Å². The maximum Gasteiger partial charge on any atom is 0.122 e. The second kappa shape index (κ2) is 4.85. The van der Waals surface area contributed by atoms with E-state index in [1.807, 2.05) is 19.9 Å². The van der Waals surface area contributed by atoms with Gasteiger partial charge in [-0.2, -0.15) is 0 Å². The molecule has 3 N–H and O–H groups in total. The molecule has 0 amide bonds. The zero-order valence-corrected chi connectivity index (χ0v) is 10.5. The SMILES string of the molecule is Cc1cc(C)c(C)c(OCC(C)(N)CO)c1. The predicted octanol–water partition coefficient (Wildman–Crippen LogP) is 1.70. The van der Waals surface area contributed by atoms with Gasteiger partial charge in [-0.1, -0.05) is 6.07 Å². The van der Waals surface area contributed by atoms with Crippen LogP contribution in [0.3, 0.4) is 0 Å². The molecule has 0 heterocycles. The van der Waals surface area contributed by atoms with Gasteiger partial charge in [-0.05, 0) is 50.5 Å². The van der Waals surface area contributed by atoms with Gasteiger partial charge in [0.15, 0.2) is 0 Å². The average Bonchev–Trinajstić information content (AvgIpc) is 2.21. The average molecular weight is 223 g/mol. The van der Waals surface area contributed by atoms with E-state index >= 15 is 0 Å². The molecule has 1 unspecified atom stereocenters.